The molecule has 0 saturated heterocycles. The second kappa shape index (κ2) is 6.85. The van der Waals surface area contributed by atoms with Crippen molar-refractivity contribution in [2.75, 3.05) is 12.4 Å². The summed E-state index contributed by atoms with van der Waals surface area (Å²) in [6, 6.07) is 8.53. The number of non-ortho nitro benzene ring substituents is 1. The Labute approximate surface area is 151 Å². The molecule has 2 aromatic carbocycles. The van der Waals surface area contributed by atoms with E-state index in [1.807, 2.05) is 0 Å². The first-order valence-electron chi connectivity index (χ1n) is 7.36. The van der Waals surface area contributed by atoms with Crippen LogP contribution in [-0.4, -0.2) is 22.9 Å². The molecule has 8 nitrogen and oxygen atoms in total. The molecule has 1 heterocycles. The maximum atomic E-state index is 12.6. The van der Waals surface area contributed by atoms with E-state index in [0.717, 1.165) is 6.07 Å². The highest BCUT2D eigenvalue weighted by Crippen LogP contribution is 2.27. The fourth-order valence-corrected chi connectivity index (χ4v) is 2.69. The number of nitro benzene ring substituents is 1. The molecule has 3 rings (SSSR count). The van der Waals surface area contributed by atoms with E-state index in [9.17, 15) is 19.7 Å². The minimum absolute atomic E-state index is 0.00793. The molecule has 0 unspecified atom stereocenters. The largest absolute Gasteiger partial charge is 0.495 e. The number of nitro groups is 1. The van der Waals surface area contributed by atoms with Gasteiger partial charge in [-0.2, -0.15) is 0 Å². The Morgan fingerprint density at radius 1 is 1.31 bits per heavy atom. The summed E-state index contributed by atoms with van der Waals surface area (Å²) in [6.45, 7) is 0. The lowest BCUT2D eigenvalue weighted by Crippen LogP contribution is -2.22. The second-order valence-electron chi connectivity index (χ2n) is 5.29. The van der Waals surface area contributed by atoms with Crippen molar-refractivity contribution in [2.45, 2.75) is 0 Å². The van der Waals surface area contributed by atoms with Gasteiger partial charge in [0.25, 0.3) is 11.6 Å². The number of carbonyl (C=O) groups excluding carboxylic acids is 1. The number of rotatable bonds is 4. The molecule has 1 amide bonds. The van der Waals surface area contributed by atoms with Crippen LogP contribution in [0.2, 0.25) is 5.02 Å². The third-order valence-corrected chi connectivity index (χ3v) is 4.07. The van der Waals surface area contributed by atoms with Gasteiger partial charge in [-0.15, -0.1) is 0 Å². The van der Waals surface area contributed by atoms with E-state index >= 15 is 0 Å². The highest BCUT2D eigenvalue weighted by atomic mass is 35.5. The summed E-state index contributed by atoms with van der Waals surface area (Å²) in [5.74, 6) is -0.211. The predicted octanol–water partition coefficient (Wildman–Crippen LogP) is 3.35. The smallest absolute Gasteiger partial charge is 0.271 e. The van der Waals surface area contributed by atoms with E-state index in [4.69, 9.17) is 16.3 Å². The van der Waals surface area contributed by atoms with Gasteiger partial charge in [-0.1, -0.05) is 17.7 Å². The number of aromatic amines is 1. The molecule has 0 radical (unpaired) electrons. The Morgan fingerprint density at radius 2 is 2.08 bits per heavy atom. The van der Waals surface area contributed by atoms with Crippen LogP contribution in [0.1, 0.15) is 10.4 Å². The number of fused-ring (bicyclic) bond motifs is 1. The summed E-state index contributed by atoms with van der Waals surface area (Å²) >= 11 is 5.96. The topological polar surface area (TPSA) is 114 Å². The Bertz CT molecular complexity index is 1090. The Hall–Kier alpha value is -3.39. The number of H-pyrrole nitrogens is 1. The summed E-state index contributed by atoms with van der Waals surface area (Å²) in [5, 5.41) is 13.5. The Morgan fingerprint density at radius 3 is 2.73 bits per heavy atom. The molecule has 132 valence electrons. The Balaban J connectivity index is 1.97. The molecule has 3 aromatic rings. The summed E-state index contributed by atoms with van der Waals surface area (Å²) in [6.07, 6.45) is 1.28. The van der Waals surface area contributed by atoms with Crippen LogP contribution in [0.3, 0.4) is 0 Å². The van der Waals surface area contributed by atoms with Crippen LogP contribution in [0.4, 0.5) is 11.4 Å². The van der Waals surface area contributed by atoms with Gasteiger partial charge in [0, 0.05) is 18.3 Å². The number of nitrogens with zero attached hydrogens (tertiary/aromatic N) is 1. The number of para-hydroxylation sites is 1. The zero-order valence-electron chi connectivity index (χ0n) is 13.4. The molecule has 0 aliphatic rings. The maximum absolute atomic E-state index is 12.6. The molecule has 9 heteroatoms. The number of nitrogens with one attached hydrogen (secondary N) is 2. The highest BCUT2D eigenvalue weighted by Gasteiger charge is 2.17. The number of halogens is 1. The first kappa shape index (κ1) is 17.4. The molecule has 1 aromatic heterocycles. The lowest BCUT2D eigenvalue weighted by molar-refractivity contribution is -0.384. The van der Waals surface area contributed by atoms with Gasteiger partial charge >= 0.3 is 0 Å². The number of pyridine rings is 1. The van der Waals surface area contributed by atoms with E-state index in [1.165, 1.54) is 25.4 Å². The molecular formula is C17H12ClN3O5. The molecule has 0 fully saturated rings. The molecule has 0 spiro atoms. The third kappa shape index (κ3) is 3.09. The molecule has 0 atom stereocenters. The average Bonchev–Trinajstić information content (AvgIpc) is 2.63. The fraction of sp³-hybridized carbons (Fsp3) is 0.0588. The predicted molar refractivity (Wildman–Crippen MR) is 97.2 cm³/mol. The number of carbonyl (C=O) groups is 1. The molecule has 0 bridgehead atoms. The number of benzene rings is 2. The number of amides is 1. The fourth-order valence-electron chi connectivity index (χ4n) is 2.47. The normalized spacial score (nSPS) is 10.5. The van der Waals surface area contributed by atoms with Crippen LogP contribution in [-0.2, 0) is 0 Å². The van der Waals surface area contributed by atoms with Gasteiger partial charge in [0.2, 0.25) is 5.43 Å². The standard InChI is InChI=1S/C17H12ClN3O5/c1-26-14-4-2-3-10-15(14)19-8-11(16(10)22)17(23)20-13-6-5-9(21(24)25)7-12(13)18/h2-8H,1H3,(H,19,22)(H,20,23). The minimum Gasteiger partial charge on any atom is -0.495 e. The minimum atomic E-state index is -0.688. The summed E-state index contributed by atoms with van der Waals surface area (Å²) in [4.78, 5) is 38.1. The molecule has 2 N–H and O–H groups in total. The van der Waals surface area contributed by atoms with Gasteiger partial charge in [0.15, 0.2) is 0 Å². The zero-order valence-corrected chi connectivity index (χ0v) is 14.2. The van der Waals surface area contributed by atoms with Crippen LogP contribution in [0.25, 0.3) is 10.9 Å². The van der Waals surface area contributed by atoms with Crippen molar-refractivity contribution in [1.82, 2.24) is 4.98 Å². The van der Waals surface area contributed by atoms with Crippen LogP contribution in [0.15, 0.2) is 47.4 Å². The average molecular weight is 374 g/mol. The lowest BCUT2D eigenvalue weighted by atomic mass is 10.1. The van der Waals surface area contributed by atoms with E-state index < -0.39 is 16.3 Å². The van der Waals surface area contributed by atoms with Gasteiger partial charge < -0.3 is 15.0 Å². The number of aromatic nitrogens is 1. The van der Waals surface area contributed by atoms with E-state index in [1.54, 1.807) is 18.2 Å². The first-order valence-corrected chi connectivity index (χ1v) is 7.74. The van der Waals surface area contributed by atoms with Gasteiger partial charge in [-0.25, -0.2) is 0 Å². The first-order chi connectivity index (χ1) is 12.4. The number of ether oxygens (including phenoxy) is 1. The maximum Gasteiger partial charge on any atom is 0.271 e. The SMILES string of the molecule is COc1cccc2c(=O)c(C(=O)Nc3ccc([N+](=O)[O-])cc3Cl)c[nH]c12. The molecule has 0 aliphatic carbocycles. The van der Waals surface area contributed by atoms with E-state index in [-0.39, 0.29) is 22.0 Å². The van der Waals surface area contributed by atoms with Crippen LogP contribution in [0, 0.1) is 10.1 Å². The Kier molecular flexibility index (Phi) is 4.59. The number of anilines is 1. The van der Waals surface area contributed by atoms with Crippen molar-refractivity contribution in [3.05, 3.63) is 73.5 Å². The summed E-state index contributed by atoms with van der Waals surface area (Å²) in [7, 11) is 1.48. The van der Waals surface area contributed by atoms with Crippen molar-refractivity contribution in [3.8, 4) is 5.75 Å². The van der Waals surface area contributed by atoms with Crippen LogP contribution >= 0.6 is 11.6 Å². The van der Waals surface area contributed by atoms with Crippen molar-refractivity contribution < 1.29 is 14.5 Å². The van der Waals surface area contributed by atoms with E-state index in [2.05, 4.69) is 10.3 Å². The molecular weight excluding hydrogens is 362 g/mol. The van der Waals surface area contributed by atoms with Gasteiger partial charge in [-0.05, 0) is 18.2 Å². The van der Waals surface area contributed by atoms with Crippen molar-refractivity contribution in [3.63, 3.8) is 0 Å². The van der Waals surface area contributed by atoms with Crippen LogP contribution < -0.4 is 15.5 Å². The molecule has 0 saturated carbocycles. The monoisotopic (exact) mass is 373 g/mol. The number of hydrogen-bond acceptors (Lipinski definition) is 5. The van der Waals surface area contributed by atoms with Gasteiger partial charge in [0.05, 0.1) is 33.6 Å². The second-order valence-corrected chi connectivity index (χ2v) is 5.70. The summed E-state index contributed by atoms with van der Waals surface area (Å²) < 4.78 is 5.18. The zero-order chi connectivity index (χ0) is 18.8. The quantitative estimate of drug-likeness (QED) is 0.537. The van der Waals surface area contributed by atoms with Crippen molar-refractivity contribution in [1.29, 1.82) is 0 Å². The van der Waals surface area contributed by atoms with Crippen molar-refractivity contribution >= 4 is 39.8 Å². The number of methoxy groups -OCH3 is 1. The molecule has 0 aliphatic heterocycles. The van der Waals surface area contributed by atoms with Gasteiger partial charge in [0.1, 0.15) is 11.3 Å². The highest BCUT2D eigenvalue weighted by molar-refractivity contribution is 6.34. The van der Waals surface area contributed by atoms with E-state index in [0.29, 0.717) is 16.7 Å². The third-order valence-electron chi connectivity index (χ3n) is 3.75. The van der Waals surface area contributed by atoms with Crippen molar-refractivity contribution in [2.24, 2.45) is 0 Å². The lowest BCUT2D eigenvalue weighted by Gasteiger charge is -2.09. The van der Waals surface area contributed by atoms with Gasteiger partial charge in [-0.3, -0.25) is 19.7 Å². The molecule has 26 heavy (non-hydrogen) atoms. The van der Waals surface area contributed by atoms with Crippen LogP contribution in [0.5, 0.6) is 5.75 Å². The number of hydrogen-bond donors (Lipinski definition) is 2. The summed E-state index contributed by atoms with van der Waals surface area (Å²) in [5.41, 5.74) is -0.172.